The van der Waals surface area contributed by atoms with Crippen LogP contribution in [0.2, 0.25) is 0 Å². The summed E-state index contributed by atoms with van der Waals surface area (Å²) in [6, 6.07) is 3.66. The predicted molar refractivity (Wildman–Crippen MR) is 70.4 cm³/mol. The van der Waals surface area contributed by atoms with Crippen LogP contribution in [-0.4, -0.2) is 11.7 Å². The lowest BCUT2D eigenvalue weighted by atomic mass is 9.66. The van der Waals surface area contributed by atoms with E-state index in [1.54, 1.807) is 0 Å². The Balaban J connectivity index is 2.33. The quantitative estimate of drug-likeness (QED) is 0.885. The lowest BCUT2D eigenvalue weighted by Gasteiger charge is -2.42. The number of halogens is 2. The van der Waals surface area contributed by atoms with Crippen LogP contribution in [0.4, 0.5) is 8.78 Å². The molecule has 1 fully saturated rings. The topological polar surface area (TPSA) is 46.2 Å². The monoisotopic (exact) mass is 269 g/mol. The van der Waals surface area contributed by atoms with Gasteiger partial charge in [-0.3, -0.25) is 0 Å². The van der Waals surface area contributed by atoms with Crippen LogP contribution in [0, 0.1) is 23.0 Å². The number of rotatable bonds is 3. The van der Waals surface area contributed by atoms with Crippen LogP contribution < -0.4 is 5.73 Å². The molecule has 0 saturated heterocycles. The Kier molecular flexibility index (Phi) is 4.21. The fourth-order valence-corrected chi connectivity index (χ4v) is 3.00. The fraction of sp³-hybridized carbons (Fsp3) is 0.600. The van der Waals surface area contributed by atoms with Crippen LogP contribution in [-0.2, 0) is 0 Å². The van der Waals surface area contributed by atoms with Crippen LogP contribution >= 0.6 is 0 Å². The standard InChI is InChI=1S/C15H21F2NO/c1-10-5-7-15(9-18,8-6-10)14(19)13-11(16)3-2-4-12(13)17/h2-4,10,14,19H,5-9,18H2,1H3. The van der Waals surface area contributed by atoms with Crippen molar-refractivity contribution in [3.63, 3.8) is 0 Å². The summed E-state index contributed by atoms with van der Waals surface area (Å²) in [7, 11) is 0. The maximum atomic E-state index is 13.8. The molecule has 0 heterocycles. The molecule has 1 aliphatic rings. The molecule has 0 amide bonds. The second-order valence-electron chi connectivity index (χ2n) is 5.79. The molecule has 1 aromatic carbocycles. The van der Waals surface area contributed by atoms with Crippen molar-refractivity contribution in [2.24, 2.45) is 17.1 Å². The highest BCUT2D eigenvalue weighted by Crippen LogP contribution is 2.47. The van der Waals surface area contributed by atoms with Crippen molar-refractivity contribution in [2.75, 3.05) is 6.54 Å². The van der Waals surface area contributed by atoms with Gasteiger partial charge in [0.1, 0.15) is 11.6 Å². The number of benzene rings is 1. The zero-order valence-corrected chi connectivity index (χ0v) is 11.2. The van der Waals surface area contributed by atoms with E-state index in [4.69, 9.17) is 5.73 Å². The number of nitrogens with two attached hydrogens (primary N) is 1. The van der Waals surface area contributed by atoms with Gasteiger partial charge in [-0.05, 0) is 30.9 Å². The summed E-state index contributed by atoms with van der Waals surface area (Å²) in [6.45, 7) is 2.39. The van der Waals surface area contributed by atoms with E-state index in [0.29, 0.717) is 18.8 Å². The molecule has 1 aromatic rings. The summed E-state index contributed by atoms with van der Waals surface area (Å²) < 4.78 is 27.6. The van der Waals surface area contributed by atoms with Gasteiger partial charge in [0.2, 0.25) is 0 Å². The van der Waals surface area contributed by atoms with Crippen molar-refractivity contribution in [2.45, 2.75) is 38.7 Å². The van der Waals surface area contributed by atoms with Crippen LogP contribution in [0.3, 0.4) is 0 Å². The molecule has 2 nitrogen and oxygen atoms in total. The van der Waals surface area contributed by atoms with Crippen molar-refractivity contribution in [1.82, 2.24) is 0 Å². The highest BCUT2D eigenvalue weighted by atomic mass is 19.1. The van der Waals surface area contributed by atoms with Crippen LogP contribution in [0.1, 0.15) is 44.3 Å². The van der Waals surface area contributed by atoms with E-state index >= 15 is 0 Å². The molecule has 0 radical (unpaired) electrons. The highest BCUT2D eigenvalue weighted by Gasteiger charge is 2.42. The number of hydrogen-bond acceptors (Lipinski definition) is 2. The highest BCUT2D eigenvalue weighted by molar-refractivity contribution is 5.24. The van der Waals surface area contributed by atoms with E-state index in [9.17, 15) is 13.9 Å². The summed E-state index contributed by atoms with van der Waals surface area (Å²) in [5, 5.41) is 10.5. The van der Waals surface area contributed by atoms with Gasteiger partial charge < -0.3 is 10.8 Å². The minimum atomic E-state index is -1.17. The molecular formula is C15H21F2NO. The molecule has 1 unspecified atom stereocenters. The maximum absolute atomic E-state index is 13.8. The Morgan fingerprint density at radius 2 is 1.84 bits per heavy atom. The number of aliphatic hydroxyl groups is 1. The zero-order valence-electron chi connectivity index (χ0n) is 11.2. The summed E-state index contributed by atoms with van der Waals surface area (Å²) >= 11 is 0. The third-order valence-electron chi connectivity index (χ3n) is 4.53. The Labute approximate surface area is 112 Å². The van der Waals surface area contributed by atoms with E-state index in [1.165, 1.54) is 18.2 Å². The molecule has 0 aliphatic heterocycles. The third-order valence-corrected chi connectivity index (χ3v) is 4.53. The van der Waals surface area contributed by atoms with Crippen molar-refractivity contribution in [1.29, 1.82) is 0 Å². The molecule has 106 valence electrons. The van der Waals surface area contributed by atoms with Crippen LogP contribution in [0.15, 0.2) is 18.2 Å². The second-order valence-corrected chi connectivity index (χ2v) is 5.79. The lowest BCUT2D eigenvalue weighted by Crippen LogP contribution is -2.40. The van der Waals surface area contributed by atoms with Crippen molar-refractivity contribution in [3.05, 3.63) is 35.4 Å². The molecule has 4 heteroatoms. The molecule has 1 saturated carbocycles. The summed E-state index contributed by atoms with van der Waals surface area (Å²) in [5.41, 5.74) is 4.98. The van der Waals surface area contributed by atoms with Gasteiger partial charge in [0, 0.05) is 12.0 Å². The van der Waals surface area contributed by atoms with Crippen LogP contribution in [0.25, 0.3) is 0 Å². The first kappa shape index (κ1) is 14.4. The minimum Gasteiger partial charge on any atom is -0.388 e. The summed E-state index contributed by atoms with van der Waals surface area (Å²) in [6.07, 6.45) is 2.11. The Morgan fingerprint density at radius 1 is 1.32 bits per heavy atom. The van der Waals surface area contributed by atoms with Crippen molar-refractivity contribution >= 4 is 0 Å². The molecular weight excluding hydrogens is 248 g/mol. The molecule has 2 rings (SSSR count). The molecule has 1 atom stereocenters. The Hall–Kier alpha value is -1.00. The number of aliphatic hydroxyl groups excluding tert-OH is 1. The van der Waals surface area contributed by atoms with Gasteiger partial charge in [0.25, 0.3) is 0 Å². The molecule has 3 N–H and O–H groups in total. The van der Waals surface area contributed by atoms with Gasteiger partial charge >= 0.3 is 0 Å². The normalized spacial score (nSPS) is 29.2. The SMILES string of the molecule is CC1CCC(CN)(C(O)c2c(F)cccc2F)CC1. The van der Waals surface area contributed by atoms with E-state index in [-0.39, 0.29) is 12.1 Å². The number of hydrogen-bond donors (Lipinski definition) is 2. The zero-order chi connectivity index (χ0) is 14.0. The predicted octanol–water partition coefficient (Wildman–Crippen LogP) is 3.15. The van der Waals surface area contributed by atoms with E-state index in [1.807, 2.05) is 0 Å². The Morgan fingerprint density at radius 3 is 2.32 bits per heavy atom. The minimum absolute atomic E-state index is 0.234. The van der Waals surface area contributed by atoms with E-state index in [2.05, 4.69) is 6.92 Å². The van der Waals surface area contributed by atoms with E-state index in [0.717, 1.165) is 12.8 Å². The average molecular weight is 269 g/mol. The molecule has 0 bridgehead atoms. The van der Waals surface area contributed by atoms with Gasteiger partial charge in [-0.25, -0.2) is 8.78 Å². The maximum Gasteiger partial charge on any atom is 0.131 e. The van der Waals surface area contributed by atoms with Gasteiger partial charge in [0.05, 0.1) is 11.7 Å². The van der Waals surface area contributed by atoms with Gasteiger partial charge in [-0.2, -0.15) is 0 Å². The first-order chi connectivity index (χ1) is 9.00. The third kappa shape index (κ3) is 2.65. The smallest absolute Gasteiger partial charge is 0.131 e. The molecule has 0 spiro atoms. The first-order valence-electron chi connectivity index (χ1n) is 6.82. The lowest BCUT2D eigenvalue weighted by molar-refractivity contribution is -0.0124. The first-order valence-corrected chi connectivity index (χ1v) is 6.82. The molecule has 1 aliphatic carbocycles. The fourth-order valence-electron chi connectivity index (χ4n) is 3.00. The summed E-state index contributed by atoms with van der Waals surface area (Å²) in [4.78, 5) is 0. The largest absolute Gasteiger partial charge is 0.388 e. The van der Waals surface area contributed by atoms with Crippen LogP contribution in [0.5, 0.6) is 0 Å². The molecule has 0 aromatic heterocycles. The summed E-state index contributed by atoms with van der Waals surface area (Å²) in [5.74, 6) is -0.810. The van der Waals surface area contributed by atoms with Gasteiger partial charge in [-0.1, -0.05) is 25.8 Å². The van der Waals surface area contributed by atoms with Crippen molar-refractivity contribution < 1.29 is 13.9 Å². The van der Waals surface area contributed by atoms with Crippen molar-refractivity contribution in [3.8, 4) is 0 Å². The Bertz CT molecular complexity index is 422. The second kappa shape index (κ2) is 5.55. The average Bonchev–Trinajstić information content (AvgIpc) is 2.39. The van der Waals surface area contributed by atoms with Gasteiger partial charge in [-0.15, -0.1) is 0 Å². The molecule has 19 heavy (non-hydrogen) atoms. The van der Waals surface area contributed by atoms with Gasteiger partial charge in [0.15, 0.2) is 0 Å². The van der Waals surface area contributed by atoms with E-state index < -0.39 is 23.2 Å².